The van der Waals surface area contributed by atoms with Crippen molar-refractivity contribution in [3.05, 3.63) is 35.9 Å². The van der Waals surface area contributed by atoms with Gasteiger partial charge in [-0.05, 0) is 36.1 Å². The van der Waals surface area contributed by atoms with Gasteiger partial charge in [0.25, 0.3) is 0 Å². The highest BCUT2D eigenvalue weighted by atomic mass is 16.5. The van der Waals surface area contributed by atoms with E-state index in [0.29, 0.717) is 0 Å². The number of nitriles is 1. The van der Waals surface area contributed by atoms with Gasteiger partial charge in [-0.2, -0.15) is 5.26 Å². The van der Waals surface area contributed by atoms with Crippen LogP contribution in [-0.4, -0.2) is 7.11 Å². The maximum atomic E-state index is 8.80. The number of hydrogen-bond acceptors (Lipinski definition) is 2. The first-order valence-electron chi connectivity index (χ1n) is 5.08. The number of hydrogen-bond donors (Lipinski definition) is 0. The molecule has 0 radical (unpaired) electrons. The Kier molecular flexibility index (Phi) is 2.73. The molecule has 1 aromatic carbocycles. The molecular formula is C13H13NO. The molecule has 2 rings (SSSR count). The Hall–Kier alpha value is -1.75. The summed E-state index contributed by atoms with van der Waals surface area (Å²) < 4.78 is 5.10. The lowest BCUT2D eigenvalue weighted by Gasteiger charge is -2.03. The van der Waals surface area contributed by atoms with Gasteiger partial charge in [-0.1, -0.05) is 18.2 Å². The molecule has 15 heavy (non-hydrogen) atoms. The topological polar surface area (TPSA) is 33.0 Å². The van der Waals surface area contributed by atoms with Crippen molar-refractivity contribution in [1.29, 1.82) is 5.26 Å². The summed E-state index contributed by atoms with van der Waals surface area (Å²) in [6.45, 7) is 0. The number of nitrogens with zero attached hydrogens (tertiary/aromatic N) is 1. The van der Waals surface area contributed by atoms with Gasteiger partial charge in [-0.15, -0.1) is 0 Å². The number of allylic oxidation sites excluding steroid dienone is 2. The second-order valence-corrected chi connectivity index (χ2v) is 3.69. The van der Waals surface area contributed by atoms with Gasteiger partial charge in [0.1, 0.15) is 5.75 Å². The quantitative estimate of drug-likeness (QED) is 0.733. The van der Waals surface area contributed by atoms with E-state index in [9.17, 15) is 0 Å². The van der Waals surface area contributed by atoms with Gasteiger partial charge in [0.2, 0.25) is 0 Å². The maximum Gasteiger partial charge on any atom is 0.118 e. The third-order valence-corrected chi connectivity index (χ3v) is 2.75. The summed E-state index contributed by atoms with van der Waals surface area (Å²) in [5.41, 5.74) is 2.48. The monoisotopic (exact) mass is 199 g/mol. The number of ether oxygens (including phenoxy) is 1. The Morgan fingerprint density at radius 3 is 2.60 bits per heavy atom. The van der Waals surface area contributed by atoms with E-state index in [2.05, 4.69) is 12.1 Å². The molecule has 1 aliphatic carbocycles. The van der Waals surface area contributed by atoms with Gasteiger partial charge in [-0.25, -0.2) is 0 Å². The second kappa shape index (κ2) is 4.18. The lowest BCUT2D eigenvalue weighted by atomic mass is 10.1. The Balaban J connectivity index is 2.21. The fourth-order valence-electron chi connectivity index (χ4n) is 1.87. The van der Waals surface area contributed by atoms with Crippen LogP contribution in [0.3, 0.4) is 0 Å². The van der Waals surface area contributed by atoms with Crippen LogP contribution in [0.25, 0.3) is 5.57 Å². The zero-order chi connectivity index (χ0) is 10.7. The first-order chi connectivity index (χ1) is 7.33. The van der Waals surface area contributed by atoms with Crippen LogP contribution >= 0.6 is 0 Å². The summed E-state index contributed by atoms with van der Waals surface area (Å²) in [6.07, 6.45) is 4.03. The highest BCUT2D eigenvalue weighted by molar-refractivity contribution is 5.68. The Morgan fingerprint density at radius 1 is 1.33 bits per heavy atom. The third-order valence-electron chi connectivity index (χ3n) is 2.75. The minimum Gasteiger partial charge on any atom is -0.497 e. The molecule has 1 aromatic rings. The minimum absolute atomic E-state index is 0.0992. The largest absolute Gasteiger partial charge is 0.497 e. The van der Waals surface area contributed by atoms with Crippen molar-refractivity contribution in [2.75, 3.05) is 7.11 Å². The molecule has 1 aliphatic rings. The molecule has 0 saturated carbocycles. The summed E-state index contributed by atoms with van der Waals surface area (Å²) in [6, 6.07) is 10.3. The Labute approximate surface area is 89.8 Å². The van der Waals surface area contributed by atoms with Gasteiger partial charge in [0.05, 0.1) is 19.1 Å². The first kappa shape index (κ1) is 9.79. The smallest absolute Gasteiger partial charge is 0.118 e. The average molecular weight is 199 g/mol. The van der Waals surface area contributed by atoms with E-state index in [-0.39, 0.29) is 5.92 Å². The van der Waals surface area contributed by atoms with Crippen molar-refractivity contribution in [1.82, 2.24) is 0 Å². The van der Waals surface area contributed by atoms with Crippen LogP contribution in [0, 0.1) is 17.2 Å². The molecule has 0 amide bonds. The van der Waals surface area contributed by atoms with E-state index in [1.807, 2.05) is 24.3 Å². The molecule has 0 spiro atoms. The van der Waals surface area contributed by atoms with Crippen molar-refractivity contribution in [3.63, 3.8) is 0 Å². The fourth-order valence-corrected chi connectivity index (χ4v) is 1.87. The van der Waals surface area contributed by atoms with Gasteiger partial charge < -0.3 is 4.74 Å². The van der Waals surface area contributed by atoms with Crippen molar-refractivity contribution in [2.45, 2.75) is 12.8 Å². The SMILES string of the molecule is COc1ccc(C2=C[C@@H](C#N)CC2)cc1. The lowest BCUT2D eigenvalue weighted by Crippen LogP contribution is -1.84. The summed E-state index contributed by atoms with van der Waals surface area (Å²) in [5, 5.41) is 8.80. The molecule has 0 aliphatic heterocycles. The molecule has 76 valence electrons. The van der Waals surface area contributed by atoms with Crippen LogP contribution in [0.1, 0.15) is 18.4 Å². The molecule has 0 heterocycles. The van der Waals surface area contributed by atoms with Gasteiger partial charge in [0.15, 0.2) is 0 Å². The van der Waals surface area contributed by atoms with Crippen molar-refractivity contribution in [2.24, 2.45) is 5.92 Å². The molecule has 1 atom stereocenters. The van der Waals surface area contributed by atoms with Gasteiger partial charge >= 0.3 is 0 Å². The number of methoxy groups -OCH3 is 1. The molecule has 0 N–H and O–H groups in total. The first-order valence-corrected chi connectivity index (χ1v) is 5.08. The van der Waals surface area contributed by atoms with E-state index in [0.717, 1.165) is 18.6 Å². The van der Waals surface area contributed by atoms with Crippen molar-refractivity contribution in [3.8, 4) is 11.8 Å². The van der Waals surface area contributed by atoms with Crippen molar-refractivity contribution < 1.29 is 4.74 Å². The van der Waals surface area contributed by atoms with Crippen LogP contribution < -0.4 is 4.74 Å². The number of rotatable bonds is 2. The Morgan fingerprint density at radius 2 is 2.07 bits per heavy atom. The van der Waals surface area contributed by atoms with Crippen LogP contribution in [-0.2, 0) is 0 Å². The Bertz CT molecular complexity index is 411. The summed E-state index contributed by atoms with van der Waals surface area (Å²) in [5.74, 6) is 0.969. The molecular weight excluding hydrogens is 186 g/mol. The normalized spacial score (nSPS) is 19.5. The average Bonchev–Trinajstić information content (AvgIpc) is 2.78. The molecule has 2 heteroatoms. The van der Waals surface area contributed by atoms with Crippen LogP contribution in [0.4, 0.5) is 0 Å². The number of benzene rings is 1. The zero-order valence-corrected chi connectivity index (χ0v) is 8.73. The zero-order valence-electron chi connectivity index (χ0n) is 8.73. The summed E-state index contributed by atoms with van der Waals surface area (Å²) >= 11 is 0. The molecule has 0 fully saturated rings. The highest BCUT2D eigenvalue weighted by Crippen LogP contribution is 2.31. The summed E-state index contributed by atoms with van der Waals surface area (Å²) in [7, 11) is 1.66. The van der Waals surface area contributed by atoms with Crippen LogP contribution in [0.5, 0.6) is 5.75 Å². The molecule has 2 nitrogen and oxygen atoms in total. The molecule has 0 bridgehead atoms. The van der Waals surface area contributed by atoms with Crippen LogP contribution in [0.2, 0.25) is 0 Å². The van der Waals surface area contributed by atoms with Gasteiger partial charge in [0, 0.05) is 0 Å². The van der Waals surface area contributed by atoms with E-state index in [1.54, 1.807) is 7.11 Å². The van der Waals surface area contributed by atoms with Crippen molar-refractivity contribution >= 4 is 5.57 Å². The predicted octanol–water partition coefficient (Wildman–Crippen LogP) is 3.01. The minimum atomic E-state index is 0.0992. The molecule has 0 unspecified atom stereocenters. The maximum absolute atomic E-state index is 8.80. The van der Waals surface area contributed by atoms with Gasteiger partial charge in [-0.3, -0.25) is 0 Å². The summed E-state index contributed by atoms with van der Waals surface area (Å²) in [4.78, 5) is 0. The van der Waals surface area contributed by atoms with Crippen LogP contribution in [0.15, 0.2) is 30.3 Å². The van der Waals surface area contributed by atoms with E-state index in [1.165, 1.54) is 11.1 Å². The van der Waals surface area contributed by atoms with E-state index < -0.39 is 0 Å². The predicted molar refractivity (Wildman–Crippen MR) is 59.3 cm³/mol. The van der Waals surface area contributed by atoms with E-state index in [4.69, 9.17) is 10.00 Å². The highest BCUT2D eigenvalue weighted by Gasteiger charge is 2.15. The standard InChI is InChI=1S/C13H13NO/c1-15-13-6-4-11(5-7-13)12-3-2-10(8-12)9-14/h4-8,10H,2-3H2,1H3/t10-/m0/s1. The molecule has 0 aromatic heterocycles. The fraction of sp³-hybridized carbons (Fsp3) is 0.308. The second-order valence-electron chi connectivity index (χ2n) is 3.69. The van der Waals surface area contributed by atoms with E-state index >= 15 is 0 Å². The lowest BCUT2D eigenvalue weighted by molar-refractivity contribution is 0.415. The third kappa shape index (κ3) is 2.02. The molecule has 0 saturated heterocycles.